The number of hydrogen-bond donors (Lipinski definition) is 2. The molecule has 0 heterocycles. The molecule has 2 amide bonds. The Labute approximate surface area is 124 Å². The van der Waals surface area contributed by atoms with Crippen molar-refractivity contribution in [3.63, 3.8) is 0 Å². The average Bonchev–Trinajstić information content (AvgIpc) is 2.38. The predicted octanol–water partition coefficient (Wildman–Crippen LogP) is 1.46. The van der Waals surface area contributed by atoms with E-state index in [1.807, 2.05) is 0 Å². The number of alkyl halides is 3. The van der Waals surface area contributed by atoms with Gasteiger partial charge >= 0.3 is 6.18 Å². The van der Waals surface area contributed by atoms with Gasteiger partial charge in [0.1, 0.15) is 19.0 Å². The molecule has 0 unspecified atom stereocenters. The van der Waals surface area contributed by atoms with Gasteiger partial charge in [-0.25, -0.2) is 0 Å². The summed E-state index contributed by atoms with van der Waals surface area (Å²) in [6.45, 7) is -2.22. The smallest absolute Gasteiger partial charge is 0.411 e. The van der Waals surface area contributed by atoms with E-state index in [-0.39, 0.29) is 24.5 Å². The van der Waals surface area contributed by atoms with Crippen LogP contribution in [0.5, 0.6) is 5.75 Å². The Hall–Kier alpha value is -2.29. The van der Waals surface area contributed by atoms with Gasteiger partial charge in [0.25, 0.3) is 0 Å². The van der Waals surface area contributed by atoms with Crippen LogP contribution < -0.4 is 15.8 Å². The number of carbonyl (C=O) groups is 2. The lowest BCUT2D eigenvalue weighted by Crippen LogP contribution is -2.24. The first-order valence-corrected chi connectivity index (χ1v) is 6.22. The van der Waals surface area contributed by atoms with Gasteiger partial charge in [-0.1, -0.05) is 12.1 Å². The third-order valence-corrected chi connectivity index (χ3v) is 2.27. The Bertz CT molecular complexity index is 520. The van der Waals surface area contributed by atoms with Crippen molar-refractivity contribution >= 4 is 17.5 Å². The Morgan fingerprint density at radius 3 is 2.55 bits per heavy atom. The quantitative estimate of drug-likeness (QED) is 0.758. The van der Waals surface area contributed by atoms with E-state index in [4.69, 9.17) is 10.5 Å². The minimum absolute atomic E-state index is 0.00300. The number of primary amides is 1. The number of benzene rings is 1. The molecular weight excluding hydrogens is 305 g/mol. The van der Waals surface area contributed by atoms with Crippen molar-refractivity contribution in [2.45, 2.75) is 12.6 Å². The molecule has 0 saturated carbocycles. The van der Waals surface area contributed by atoms with Crippen LogP contribution in [-0.4, -0.2) is 37.8 Å². The molecule has 3 N–H and O–H groups in total. The topological polar surface area (TPSA) is 90.7 Å². The van der Waals surface area contributed by atoms with E-state index >= 15 is 0 Å². The highest BCUT2D eigenvalue weighted by Gasteiger charge is 2.27. The molecule has 0 radical (unpaired) electrons. The van der Waals surface area contributed by atoms with Crippen molar-refractivity contribution in [3.05, 3.63) is 24.3 Å². The number of hydrogen-bond acceptors (Lipinski definition) is 4. The number of nitrogens with two attached hydrogens (primary N) is 1. The molecule has 0 aromatic heterocycles. The van der Waals surface area contributed by atoms with Crippen molar-refractivity contribution in [3.8, 4) is 5.75 Å². The summed E-state index contributed by atoms with van der Waals surface area (Å²) in [5.74, 6) is -1.02. The molecule has 1 aromatic carbocycles. The number of anilines is 1. The maximum absolute atomic E-state index is 11.9. The summed E-state index contributed by atoms with van der Waals surface area (Å²) in [7, 11) is 0. The van der Waals surface area contributed by atoms with Gasteiger partial charge in [-0.2, -0.15) is 13.2 Å². The highest BCUT2D eigenvalue weighted by atomic mass is 19.4. The van der Waals surface area contributed by atoms with Crippen LogP contribution in [-0.2, 0) is 14.3 Å². The molecule has 122 valence electrons. The largest absolute Gasteiger partial charge is 0.491 e. The van der Waals surface area contributed by atoms with Gasteiger partial charge in [-0.05, 0) is 12.1 Å². The van der Waals surface area contributed by atoms with Crippen LogP contribution in [0.2, 0.25) is 0 Å². The molecule has 9 heteroatoms. The van der Waals surface area contributed by atoms with Gasteiger partial charge in [0.2, 0.25) is 11.8 Å². The fraction of sp³-hybridized carbons (Fsp3) is 0.385. The van der Waals surface area contributed by atoms with Crippen LogP contribution in [0.15, 0.2) is 24.3 Å². The monoisotopic (exact) mass is 320 g/mol. The van der Waals surface area contributed by atoms with Crippen molar-refractivity contribution < 1.29 is 32.2 Å². The summed E-state index contributed by atoms with van der Waals surface area (Å²) >= 11 is 0. The zero-order valence-electron chi connectivity index (χ0n) is 11.5. The average molecular weight is 320 g/mol. The SMILES string of the molecule is NC(=O)CCOc1ccccc1NC(=O)COCC(F)(F)F. The zero-order valence-corrected chi connectivity index (χ0v) is 11.5. The van der Waals surface area contributed by atoms with Crippen LogP contribution >= 0.6 is 0 Å². The minimum Gasteiger partial charge on any atom is -0.491 e. The molecular formula is C13H15F3N2O4. The van der Waals surface area contributed by atoms with Crippen LogP contribution in [0.3, 0.4) is 0 Å². The van der Waals surface area contributed by atoms with Crippen LogP contribution in [0.4, 0.5) is 18.9 Å². The number of halogens is 3. The predicted molar refractivity (Wildman–Crippen MR) is 71.3 cm³/mol. The van der Waals surface area contributed by atoms with Crippen LogP contribution in [0, 0.1) is 0 Å². The fourth-order valence-corrected chi connectivity index (χ4v) is 1.40. The van der Waals surface area contributed by atoms with E-state index < -0.39 is 31.2 Å². The molecule has 0 spiro atoms. The second-order valence-corrected chi connectivity index (χ2v) is 4.22. The maximum atomic E-state index is 11.9. The van der Waals surface area contributed by atoms with Gasteiger partial charge in [-0.15, -0.1) is 0 Å². The molecule has 22 heavy (non-hydrogen) atoms. The van der Waals surface area contributed by atoms with Gasteiger partial charge < -0.3 is 20.5 Å². The Kier molecular flexibility index (Phi) is 6.64. The van der Waals surface area contributed by atoms with E-state index in [9.17, 15) is 22.8 Å². The molecule has 0 atom stereocenters. The van der Waals surface area contributed by atoms with Gasteiger partial charge in [-0.3, -0.25) is 9.59 Å². The van der Waals surface area contributed by atoms with Gasteiger partial charge in [0.05, 0.1) is 18.7 Å². The number of nitrogens with one attached hydrogen (secondary N) is 1. The molecule has 1 aromatic rings. The highest BCUT2D eigenvalue weighted by molar-refractivity contribution is 5.93. The summed E-state index contributed by atoms with van der Waals surface area (Å²) in [6.07, 6.45) is -4.49. The lowest BCUT2D eigenvalue weighted by Gasteiger charge is -2.12. The minimum atomic E-state index is -4.49. The number of ether oxygens (including phenoxy) is 2. The summed E-state index contributed by atoms with van der Waals surface area (Å²) < 4.78 is 45.2. The first-order valence-electron chi connectivity index (χ1n) is 6.22. The second kappa shape index (κ2) is 8.23. The maximum Gasteiger partial charge on any atom is 0.411 e. The number of amides is 2. The number of para-hydroxylation sites is 2. The molecule has 0 fully saturated rings. The molecule has 0 aliphatic rings. The highest BCUT2D eigenvalue weighted by Crippen LogP contribution is 2.23. The third-order valence-electron chi connectivity index (χ3n) is 2.27. The van der Waals surface area contributed by atoms with E-state index in [0.29, 0.717) is 0 Å². The summed E-state index contributed by atoms with van der Waals surface area (Å²) in [4.78, 5) is 22.1. The van der Waals surface area contributed by atoms with Crippen molar-refractivity contribution in [2.75, 3.05) is 25.1 Å². The Morgan fingerprint density at radius 2 is 1.91 bits per heavy atom. The van der Waals surface area contributed by atoms with Gasteiger partial charge in [0.15, 0.2) is 0 Å². The molecule has 0 aliphatic heterocycles. The first-order chi connectivity index (χ1) is 10.3. The molecule has 1 rings (SSSR count). The van der Waals surface area contributed by atoms with E-state index in [0.717, 1.165) is 0 Å². The van der Waals surface area contributed by atoms with Gasteiger partial charge in [0, 0.05) is 0 Å². The Balaban J connectivity index is 2.50. The molecule has 0 aliphatic carbocycles. The van der Waals surface area contributed by atoms with Crippen LogP contribution in [0.1, 0.15) is 6.42 Å². The molecule has 0 saturated heterocycles. The summed E-state index contributed by atoms with van der Waals surface area (Å²) in [6, 6.07) is 6.27. The Morgan fingerprint density at radius 1 is 1.23 bits per heavy atom. The summed E-state index contributed by atoms with van der Waals surface area (Å²) in [5.41, 5.74) is 5.23. The normalized spacial score (nSPS) is 11.0. The van der Waals surface area contributed by atoms with E-state index in [2.05, 4.69) is 10.1 Å². The molecule has 6 nitrogen and oxygen atoms in total. The first kappa shape index (κ1) is 17.8. The lowest BCUT2D eigenvalue weighted by atomic mass is 10.3. The standard InChI is InChI=1S/C13H15F3N2O4/c14-13(15,16)8-21-7-12(20)18-9-3-1-2-4-10(9)22-6-5-11(17)19/h1-4H,5-8H2,(H2,17,19)(H,18,20). The third kappa shape index (κ3) is 7.48. The second-order valence-electron chi connectivity index (χ2n) is 4.22. The number of rotatable bonds is 8. The van der Waals surface area contributed by atoms with E-state index in [1.54, 1.807) is 12.1 Å². The summed E-state index contributed by atoms with van der Waals surface area (Å²) in [5, 5.41) is 2.36. The van der Waals surface area contributed by atoms with Crippen LogP contribution in [0.25, 0.3) is 0 Å². The van der Waals surface area contributed by atoms with Crippen molar-refractivity contribution in [1.82, 2.24) is 0 Å². The number of carbonyl (C=O) groups excluding carboxylic acids is 2. The molecule has 0 bridgehead atoms. The fourth-order valence-electron chi connectivity index (χ4n) is 1.40. The van der Waals surface area contributed by atoms with Crippen molar-refractivity contribution in [2.24, 2.45) is 5.73 Å². The lowest BCUT2D eigenvalue weighted by molar-refractivity contribution is -0.174. The van der Waals surface area contributed by atoms with E-state index in [1.165, 1.54) is 12.1 Å². The van der Waals surface area contributed by atoms with Crippen molar-refractivity contribution in [1.29, 1.82) is 0 Å². The zero-order chi connectivity index (χ0) is 16.6.